The highest BCUT2D eigenvalue weighted by molar-refractivity contribution is 5.95. The summed E-state index contributed by atoms with van der Waals surface area (Å²) in [4.78, 5) is 22.7. The molecule has 1 aliphatic rings. The van der Waals surface area contributed by atoms with Gasteiger partial charge in [-0.15, -0.1) is 0 Å². The number of anilines is 1. The number of aromatic nitrogens is 4. The van der Waals surface area contributed by atoms with Crippen LogP contribution in [0, 0.1) is 5.82 Å². The Morgan fingerprint density at radius 2 is 1.85 bits per heavy atom. The number of hydrogen-bond donors (Lipinski definition) is 2. The van der Waals surface area contributed by atoms with E-state index in [1.807, 2.05) is 0 Å². The summed E-state index contributed by atoms with van der Waals surface area (Å²) >= 11 is 0. The van der Waals surface area contributed by atoms with Gasteiger partial charge in [0.15, 0.2) is 5.65 Å². The number of ether oxygens (including phenoxy) is 1. The number of amides is 1. The fourth-order valence-corrected chi connectivity index (χ4v) is 4.35. The summed E-state index contributed by atoms with van der Waals surface area (Å²) in [5.74, 6) is -1.87. The molecule has 204 valence electrons. The highest BCUT2D eigenvalue weighted by Gasteiger charge is 2.34. The van der Waals surface area contributed by atoms with E-state index in [0.29, 0.717) is 36.7 Å². The van der Waals surface area contributed by atoms with E-state index in [0.717, 1.165) is 32.1 Å². The number of rotatable bonds is 7. The van der Waals surface area contributed by atoms with Crippen LogP contribution in [-0.4, -0.2) is 69.8 Å². The van der Waals surface area contributed by atoms with Crippen molar-refractivity contribution in [3.63, 3.8) is 0 Å². The van der Waals surface area contributed by atoms with Gasteiger partial charge in [-0.3, -0.25) is 9.69 Å². The lowest BCUT2D eigenvalue weighted by Crippen LogP contribution is -2.38. The van der Waals surface area contributed by atoms with Crippen LogP contribution in [0.1, 0.15) is 22.3 Å². The molecule has 1 aliphatic heterocycles. The van der Waals surface area contributed by atoms with Gasteiger partial charge in [-0.25, -0.2) is 18.9 Å². The number of fused-ring (bicyclic) bond motifs is 1. The molecular weight excluding hydrogens is 518 g/mol. The minimum atomic E-state index is -4.67. The molecule has 1 fully saturated rings. The lowest BCUT2D eigenvalue weighted by molar-refractivity contribution is -0.137. The number of imidazole rings is 1. The van der Waals surface area contributed by atoms with Gasteiger partial charge in [0.05, 0.1) is 41.9 Å². The average molecular weight is 544 g/mol. The number of carbonyl (C=O) groups is 1. The minimum absolute atomic E-state index is 0.0970. The van der Waals surface area contributed by atoms with Crippen molar-refractivity contribution in [2.45, 2.75) is 12.6 Å². The van der Waals surface area contributed by atoms with Crippen molar-refractivity contribution in [1.82, 2.24) is 29.8 Å². The molecule has 1 amide bonds. The number of morpholine rings is 1. The molecule has 0 bridgehead atoms. The second-order valence-corrected chi connectivity index (χ2v) is 9.04. The Labute approximate surface area is 220 Å². The van der Waals surface area contributed by atoms with Gasteiger partial charge in [0.25, 0.3) is 5.91 Å². The summed E-state index contributed by atoms with van der Waals surface area (Å²) in [6, 6.07) is 8.10. The quantitative estimate of drug-likeness (QED) is 0.271. The summed E-state index contributed by atoms with van der Waals surface area (Å²) in [7, 11) is 0. The summed E-state index contributed by atoms with van der Waals surface area (Å²) in [5, 5.41) is 7.15. The van der Waals surface area contributed by atoms with Gasteiger partial charge in [0, 0.05) is 37.0 Å². The van der Waals surface area contributed by atoms with Gasteiger partial charge in [0.2, 0.25) is 0 Å². The highest BCUT2D eigenvalue weighted by atomic mass is 19.4. The molecule has 3 N–H and O–H groups in total. The molecule has 1 aromatic carbocycles. The van der Waals surface area contributed by atoms with Crippen molar-refractivity contribution in [2.24, 2.45) is 0 Å². The maximum Gasteiger partial charge on any atom is 0.419 e. The van der Waals surface area contributed by atoms with E-state index in [4.69, 9.17) is 10.5 Å². The molecule has 9 nitrogen and oxygen atoms in total. The van der Waals surface area contributed by atoms with Crippen molar-refractivity contribution in [3.05, 3.63) is 65.7 Å². The second kappa shape index (κ2) is 10.9. The standard InChI is InChI=1S/C26H25F4N7O2/c27-20-13-16(2-3-18(20)25(38)32-6-1-7-36-8-10-39-11-9-36)22-15-33-23-5-4-21(35-37(22)23)17-12-19(26(28,29)30)24(31)34-14-17/h2-5,12-15H,1,6-11H2,(H2,31,34)(H,32,38). The van der Waals surface area contributed by atoms with Gasteiger partial charge in [-0.1, -0.05) is 6.07 Å². The maximum atomic E-state index is 15.0. The van der Waals surface area contributed by atoms with Crippen LogP contribution in [0.25, 0.3) is 28.2 Å². The number of pyridine rings is 1. The Balaban J connectivity index is 1.33. The zero-order valence-corrected chi connectivity index (χ0v) is 20.7. The first-order valence-electron chi connectivity index (χ1n) is 12.3. The Morgan fingerprint density at radius 1 is 1.05 bits per heavy atom. The predicted octanol–water partition coefficient (Wildman–Crippen LogP) is 3.65. The number of hydrogen-bond acceptors (Lipinski definition) is 7. The summed E-state index contributed by atoms with van der Waals surface area (Å²) < 4.78 is 61.6. The number of nitrogens with zero attached hydrogens (tertiary/aromatic N) is 5. The molecule has 39 heavy (non-hydrogen) atoms. The Hall–Kier alpha value is -4.10. The topological polar surface area (TPSA) is 111 Å². The SMILES string of the molecule is Nc1ncc(-c2ccc3ncc(-c4ccc(C(=O)NCCCN5CCOCC5)c(F)c4)n3n2)cc1C(F)(F)F. The number of nitrogen functional groups attached to an aromatic ring is 1. The number of carbonyl (C=O) groups excluding carboxylic acids is 1. The van der Waals surface area contributed by atoms with Gasteiger partial charge < -0.3 is 15.8 Å². The minimum Gasteiger partial charge on any atom is -0.383 e. The zero-order chi connectivity index (χ0) is 27.6. The number of nitrogens with two attached hydrogens (primary N) is 1. The summed E-state index contributed by atoms with van der Waals surface area (Å²) in [6.45, 7) is 4.34. The lowest BCUT2D eigenvalue weighted by Gasteiger charge is -2.26. The maximum absolute atomic E-state index is 15.0. The summed E-state index contributed by atoms with van der Waals surface area (Å²) in [5.41, 5.74) is 5.71. The molecule has 5 rings (SSSR count). The van der Waals surface area contributed by atoms with Crippen LogP contribution in [0.2, 0.25) is 0 Å². The van der Waals surface area contributed by atoms with Crippen LogP contribution in [0.3, 0.4) is 0 Å². The fourth-order valence-electron chi connectivity index (χ4n) is 4.35. The molecule has 0 aliphatic carbocycles. The van der Waals surface area contributed by atoms with Gasteiger partial charge >= 0.3 is 6.18 Å². The molecular formula is C26H25F4N7O2. The number of nitrogens with one attached hydrogen (secondary N) is 1. The number of alkyl halides is 3. The first kappa shape index (κ1) is 26.5. The molecule has 13 heteroatoms. The lowest BCUT2D eigenvalue weighted by atomic mass is 10.1. The number of benzene rings is 1. The third kappa shape index (κ3) is 5.83. The second-order valence-electron chi connectivity index (χ2n) is 9.04. The van der Waals surface area contributed by atoms with E-state index in [1.54, 1.807) is 12.1 Å². The van der Waals surface area contributed by atoms with Crippen molar-refractivity contribution in [3.8, 4) is 22.5 Å². The van der Waals surface area contributed by atoms with Crippen LogP contribution in [0.15, 0.2) is 48.8 Å². The van der Waals surface area contributed by atoms with Crippen LogP contribution in [-0.2, 0) is 10.9 Å². The van der Waals surface area contributed by atoms with E-state index in [9.17, 15) is 22.4 Å². The number of halogens is 4. The van der Waals surface area contributed by atoms with E-state index in [1.165, 1.54) is 35.1 Å². The van der Waals surface area contributed by atoms with E-state index in [-0.39, 0.29) is 16.8 Å². The van der Waals surface area contributed by atoms with E-state index in [2.05, 4.69) is 25.3 Å². The fraction of sp³-hybridized carbons (Fsp3) is 0.308. The van der Waals surface area contributed by atoms with E-state index >= 15 is 0 Å². The monoisotopic (exact) mass is 543 g/mol. The molecule has 4 aromatic rings. The van der Waals surface area contributed by atoms with Crippen molar-refractivity contribution in [2.75, 3.05) is 45.1 Å². The van der Waals surface area contributed by atoms with Gasteiger partial charge in [-0.2, -0.15) is 18.3 Å². The molecule has 0 spiro atoms. The third-order valence-corrected chi connectivity index (χ3v) is 6.43. The predicted molar refractivity (Wildman–Crippen MR) is 135 cm³/mol. The molecule has 4 heterocycles. The van der Waals surface area contributed by atoms with E-state index < -0.39 is 29.3 Å². The zero-order valence-electron chi connectivity index (χ0n) is 20.7. The average Bonchev–Trinajstić information content (AvgIpc) is 3.34. The van der Waals surface area contributed by atoms with Crippen molar-refractivity contribution < 1.29 is 27.1 Å². The van der Waals surface area contributed by atoms with Crippen LogP contribution < -0.4 is 11.1 Å². The first-order valence-corrected chi connectivity index (χ1v) is 12.3. The Kier molecular flexibility index (Phi) is 7.44. The van der Waals surface area contributed by atoms with Gasteiger partial charge in [-0.05, 0) is 43.3 Å². The van der Waals surface area contributed by atoms with Gasteiger partial charge in [0.1, 0.15) is 11.6 Å². The summed E-state index contributed by atoms with van der Waals surface area (Å²) in [6.07, 6.45) is -1.28. The smallest absolute Gasteiger partial charge is 0.383 e. The Morgan fingerprint density at radius 3 is 2.59 bits per heavy atom. The first-order chi connectivity index (χ1) is 18.7. The molecule has 3 aromatic heterocycles. The van der Waals surface area contributed by atoms with Crippen molar-refractivity contribution >= 4 is 17.4 Å². The largest absolute Gasteiger partial charge is 0.419 e. The van der Waals surface area contributed by atoms with Crippen LogP contribution in [0.5, 0.6) is 0 Å². The third-order valence-electron chi connectivity index (χ3n) is 6.43. The van der Waals surface area contributed by atoms with Crippen LogP contribution in [0.4, 0.5) is 23.4 Å². The molecule has 0 radical (unpaired) electrons. The highest BCUT2D eigenvalue weighted by Crippen LogP contribution is 2.35. The van der Waals surface area contributed by atoms with Crippen molar-refractivity contribution in [1.29, 1.82) is 0 Å². The molecule has 0 atom stereocenters. The molecule has 1 saturated heterocycles. The Bertz CT molecular complexity index is 1500. The molecule has 0 unspecified atom stereocenters. The molecule has 0 saturated carbocycles. The normalized spacial score (nSPS) is 14.6. The van der Waals surface area contributed by atoms with Crippen LogP contribution >= 0.6 is 0 Å².